The van der Waals surface area contributed by atoms with Gasteiger partial charge in [0, 0.05) is 22.6 Å². The zero-order chi connectivity index (χ0) is 28.9. The molecule has 1 fully saturated rings. The van der Waals surface area contributed by atoms with Crippen molar-refractivity contribution in [2.45, 2.75) is 63.1 Å². The molecule has 0 radical (unpaired) electrons. The second kappa shape index (κ2) is 13.1. The third-order valence-corrected chi connectivity index (χ3v) is 9.35. The van der Waals surface area contributed by atoms with Gasteiger partial charge in [-0.3, -0.25) is 13.9 Å². The van der Waals surface area contributed by atoms with Gasteiger partial charge in [0.1, 0.15) is 12.6 Å². The maximum absolute atomic E-state index is 14.0. The van der Waals surface area contributed by atoms with Gasteiger partial charge in [-0.2, -0.15) is 0 Å². The van der Waals surface area contributed by atoms with Crippen LogP contribution in [0.4, 0.5) is 5.69 Å². The molecule has 0 aliphatic heterocycles. The van der Waals surface area contributed by atoms with Gasteiger partial charge in [-0.15, -0.1) is 0 Å². The molecule has 212 valence electrons. The molecule has 1 aliphatic rings. The van der Waals surface area contributed by atoms with Gasteiger partial charge >= 0.3 is 0 Å². The van der Waals surface area contributed by atoms with Crippen molar-refractivity contribution >= 4 is 50.7 Å². The van der Waals surface area contributed by atoms with Gasteiger partial charge < -0.3 is 10.2 Å². The number of nitrogens with one attached hydrogen (secondary N) is 1. The van der Waals surface area contributed by atoms with Crippen molar-refractivity contribution in [3.8, 4) is 0 Å². The van der Waals surface area contributed by atoms with Gasteiger partial charge in [-0.25, -0.2) is 8.42 Å². The van der Waals surface area contributed by atoms with E-state index in [2.05, 4.69) is 5.32 Å². The van der Waals surface area contributed by atoms with E-state index in [1.807, 2.05) is 13.0 Å². The van der Waals surface area contributed by atoms with E-state index in [1.165, 1.54) is 23.1 Å². The first kappa shape index (κ1) is 29.9. The molecule has 10 heteroatoms. The summed E-state index contributed by atoms with van der Waals surface area (Å²) in [4.78, 5) is 28.7. The van der Waals surface area contributed by atoms with Crippen LogP contribution in [0, 0.1) is 6.92 Å². The highest BCUT2D eigenvalue weighted by Gasteiger charge is 2.33. The van der Waals surface area contributed by atoms with Crippen LogP contribution in [0.5, 0.6) is 0 Å². The van der Waals surface area contributed by atoms with E-state index >= 15 is 0 Å². The van der Waals surface area contributed by atoms with Crippen LogP contribution in [0.3, 0.4) is 0 Å². The molecule has 40 heavy (non-hydrogen) atoms. The van der Waals surface area contributed by atoms with Crippen molar-refractivity contribution in [2.24, 2.45) is 0 Å². The Balaban J connectivity index is 1.69. The molecule has 7 nitrogen and oxygen atoms in total. The Hall–Kier alpha value is -3.07. The molecule has 0 bridgehead atoms. The molecule has 1 aliphatic carbocycles. The Morgan fingerprint density at radius 1 is 0.950 bits per heavy atom. The molecule has 0 spiro atoms. The molecule has 1 saturated carbocycles. The molecule has 3 aromatic rings. The molecule has 1 atom stereocenters. The lowest BCUT2D eigenvalue weighted by Gasteiger charge is -2.32. The van der Waals surface area contributed by atoms with E-state index in [4.69, 9.17) is 23.2 Å². The summed E-state index contributed by atoms with van der Waals surface area (Å²) < 4.78 is 28.8. The van der Waals surface area contributed by atoms with Gasteiger partial charge in [0.15, 0.2) is 0 Å². The summed E-state index contributed by atoms with van der Waals surface area (Å²) in [6, 6.07) is 19.0. The highest BCUT2D eigenvalue weighted by atomic mass is 35.5. The van der Waals surface area contributed by atoms with E-state index in [0.717, 1.165) is 41.1 Å². The van der Waals surface area contributed by atoms with Crippen molar-refractivity contribution < 1.29 is 18.0 Å². The van der Waals surface area contributed by atoms with Crippen molar-refractivity contribution in [3.63, 3.8) is 0 Å². The number of benzene rings is 3. The van der Waals surface area contributed by atoms with Gasteiger partial charge in [0.2, 0.25) is 11.8 Å². The van der Waals surface area contributed by atoms with Gasteiger partial charge in [-0.1, -0.05) is 71.9 Å². The third-order valence-electron chi connectivity index (χ3n) is 7.09. The van der Waals surface area contributed by atoms with E-state index in [9.17, 15) is 18.0 Å². The second-order valence-electron chi connectivity index (χ2n) is 10.1. The normalized spacial score (nSPS) is 14.5. The number of nitrogens with zero attached hydrogens (tertiary/aromatic N) is 2. The fourth-order valence-electron chi connectivity index (χ4n) is 4.80. The molecule has 3 aromatic carbocycles. The van der Waals surface area contributed by atoms with Gasteiger partial charge in [0.25, 0.3) is 10.0 Å². The summed E-state index contributed by atoms with van der Waals surface area (Å²) in [5, 5.41) is 3.88. The molecule has 0 aromatic heterocycles. The molecule has 4 rings (SSSR count). The maximum Gasteiger partial charge on any atom is 0.264 e. The Bertz CT molecular complexity index is 1460. The van der Waals surface area contributed by atoms with Crippen LogP contribution in [0.2, 0.25) is 10.0 Å². The fourth-order valence-corrected chi connectivity index (χ4v) is 6.61. The highest BCUT2D eigenvalue weighted by molar-refractivity contribution is 7.92. The molecule has 1 N–H and O–H groups in total. The summed E-state index contributed by atoms with van der Waals surface area (Å²) >= 11 is 12.4. The molecular formula is C30H33Cl2N3O4S. The summed E-state index contributed by atoms with van der Waals surface area (Å²) in [6.07, 6.45) is 3.90. The van der Waals surface area contributed by atoms with Crippen molar-refractivity contribution in [2.75, 3.05) is 10.8 Å². The van der Waals surface area contributed by atoms with E-state index in [-0.39, 0.29) is 29.1 Å². The largest absolute Gasteiger partial charge is 0.352 e. The van der Waals surface area contributed by atoms with Crippen LogP contribution in [-0.2, 0) is 26.2 Å². The number of rotatable bonds is 10. The van der Waals surface area contributed by atoms with Crippen LogP contribution >= 0.6 is 23.2 Å². The monoisotopic (exact) mass is 601 g/mol. The molecule has 2 amide bonds. The quantitative estimate of drug-likeness (QED) is 0.310. The highest BCUT2D eigenvalue weighted by Crippen LogP contribution is 2.27. The number of sulfonamides is 1. The maximum atomic E-state index is 14.0. The lowest BCUT2D eigenvalue weighted by Crippen LogP contribution is -2.52. The van der Waals surface area contributed by atoms with Crippen LogP contribution in [0.15, 0.2) is 77.7 Å². The van der Waals surface area contributed by atoms with Gasteiger partial charge in [0.05, 0.1) is 10.6 Å². The van der Waals surface area contributed by atoms with E-state index < -0.39 is 28.5 Å². The van der Waals surface area contributed by atoms with Crippen molar-refractivity contribution in [1.82, 2.24) is 10.2 Å². The average Bonchev–Trinajstić information content (AvgIpc) is 3.43. The molecule has 0 heterocycles. The second-order valence-corrected chi connectivity index (χ2v) is 12.9. The minimum atomic E-state index is -4.15. The summed E-state index contributed by atoms with van der Waals surface area (Å²) in [5.41, 5.74) is 1.86. The number of carbonyl (C=O) groups is 2. The number of hydrogen-bond acceptors (Lipinski definition) is 4. The predicted molar refractivity (Wildman–Crippen MR) is 159 cm³/mol. The Morgan fingerprint density at radius 2 is 1.57 bits per heavy atom. The third kappa shape index (κ3) is 7.36. The smallest absolute Gasteiger partial charge is 0.264 e. The number of halogens is 2. The van der Waals surface area contributed by atoms with Crippen LogP contribution in [0.25, 0.3) is 0 Å². The lowest BCUT2D eigenvalue weighted by molar-refractivity contribution is -0.139. The van der Waals surface area contributed by atoms with Crippen LogP contribution in [-0.4, -0.2) is 43.8 Å². The molecule has 0 unspecified atom stereocenters. The van der Waals surface area contributed by atoms with Gasteiger partial charge in [-0.05, 0) is 74.7 Å². The van der Waals surface area contributed by atoms with Crippen molar-refractivity contribution in [1.29, 1.82) is 0 Å². The number of carbonyl (C=O) groups excluding carboxylic acids is 2. The Labute approximate surface area is 246 Å². The fraction of sp³-hybridized carbons (Fsp3) is 0.333. The summed E-state index contributed by atoms with van der Waals surface area (Å²) in [5.74, 6) is -0.817. The molecule has 0 saturated heterocycles. The van der Waals surface area contributed by atoms with Crippen molar-refractivity contribution in [3.05, 3.63) is 94.0 Å². The first-order valence-corrected chi connectivity index (χ1v) is 15.4. The summed E-state index contributed by atoms with van der Waals surface area (Å²) in [6.45, 7) is 3.07. The first-order valence-electron chi connectivity index (χ1n) is 13.2. The number of amides is 2. The zero-order valence-corrected chi connectivity index (χ0v) is 24.8. The van der Waals surface area contributed by atoms with E-state index in [0.29, 0.717) is 10.0 Å². The lowest BCUT2D eigenvalue weighted by atomic mass is 10.1. The standard InChI is InChI=1S/C30H33Cl2N3O4S/c1-21-13-15-28(16-14-21)40(38,39)35(27-12-6-9-25(32)18-27)20-29(36)34(19-23-7-5-8-24(31)17-23)22(2)30(37)33-26-10-3-4-11-26/h5-9,12-18,22,26H,3-4,10-11,19-20H2,1-2H3,(H,33,37)/t22-/m0/s1. The van der Waals surface area contributed by atoms with Crippen LogP contribution in [0.1, 0.15) is 43.7 Å². The predicted octanol–water partition coefficient (Wildman–Crippen LogP) is 5.97. The Morgan fingerprint density at radius 3 is 2.20 bits per heavy atom. The summed E-state index contributed by atoms with van der Waals surface area (Å²) in [7, 11) is -4.15. The SMILES string of the molecule is Cc1ccc(S(=O)(=O)N(CC(=O)N(Cc2cccc(Cl)c2)[C@@H](C)C(=O)NC2CCCC2)c2cccc(Cl)c2)cc1. The minimum absolute atomic E-state index is 0.0410. The number of aryl methyl sites for hydroxylation is 1. The molecular weight excluding hydrogens is 569 g/mol. The Kier molecular flexibility index (Phi) is 9.77. The van der Waals surface area contributed by atoms with Crippen LogP contribution < -0.4 is 9.62 Å². The number of hydrogen-bond donors (Lipinski definition) is 1. The number of anilines is 1. The zero-order valence-electron chi connectivity index (χ0n) is 22.5. The topological polar surface area (TPSA) is 86.8 Å². The average molecular weight is 603 g/mol. The first-order chi connectivity index (χ1) is 19.0. The minimum Gasteiger partial charge on any atom is -0.352 e. The van der Waals surface area contributed by atoms with E-state index in [1.54, 1.807) is 55.5 Å².